The predicted octanol–water partition coefficient (Wildman–Crippen LogP) is 1.51. The zero-order valence-corrected chi connectivity index (χ0v) is 7.19. The molecule has 0 unspecified atom stereocenters. The van der Waals surface area contributed by atoms with Crippen LogP contribution in [0.5, 0.6) is 0 Å². The van der Waals surface area contributed by atoms with Crippen molar-refractivity contribution in [3.63, 3.8) is 0 Å². The van der Waals surface area contributed by atoms with E-state index in [-0.39, 0.29) is 12.4 Å². The highest BCUT2D eigenvalue weighted by atomic mass is 32.1. The Morgan fingerprint density at radius 3 is 3.09 bits per heavy atom. The Labute approximate surface area is 69.8 Å². The molecule has 2 nitrogen and oxygen atoms in total. The first-order chi connectivity index (χ1) is 5.33. The highest BCUT2D eigenvalue weighted by molar-refractivity contribution is 7.07. The smallest absolute Gasteiger partial charge is 0.162 e. The van der Waals surface area contributed by atoms with Crippen molar-refractivity contribution in [1.82, 2.24) is 0 Å². The number of hydrogen-bond acceptors (Lipinski definition) is 3. The lowest BCUT2D eigenvalue weighted by Gasteiger charge is -1.95. The first kappa shape index (κ1) is 8.43. The van der Waals surface area contributed by atoms with Crippen LogP contribution in [-0.4, -0.2) is 19.5 Å². The summed E-state index contributed by atoms with van der Waals surface area (Å²) in [6, 6.07) is 1.96. The first-order valence-electron chi connectivity index (χ1n) is 3.34. The number of ketones is 1. The summed E-state index contributed by atoms with van der Waals surface area (Å²) in [6.45, 7) is 0.218. The van der Waals surface area contributed by atoms with Crippen molar-refractivity contribution in [3.8, 4) is 0 Å². The van der Waals surface area contributed by atoms with Gasteiger partial charge in [-0.3, -0.25) is 4.79 Å². The van der Waals surface area contributed by atoms with E-state index >= 15 is 0 Å². The van der Waals surface area contributed by atoms with Crippen LogP contribution < -0.4 is 0 Å². The van der Waals surface area contributed by atoms with Crippen LogP contribution in [0.4, 0.5) is 0 Å². The van der Waals surface area contributed by atoms with Crippen molar-refractivity contribution in [1.29, 1.82) is 0 Å². The zero-order valence-electron chi connectivity index (χ0n) is 6.37. The van der Waals surface area contributed by atoms with E-state index in [1.807, 2.05) is 16.8 Å². The van der Waals surface area contributed by atoms with Crippen LogP contribution in [0.2, 0.25) is 0 Å². The van der Waals surface area contributed by atoms with Crippen molar-refractivity contribution in [3.05, 3.63) is 22.4 Å². The fourth-order valence-corrected chi connectivity index (χ4v) is 1.50. The number of methoxy groups -OCH3 is 1. The van der Waals surface area contributed by atoms with E-state index in [4.69, 9.17) is 4.74 Å². The van der Waals surface area contributed by atoms with Crippen molar-refractivity contribution in [2.75, 3.05) is 13.7 Å². The Morgan fingerprint density at radius 1 is 1.73 bits per heavy atom. The molecule has 0 radical (unpaired) electrons. The number of ether oxygens (including phenoxy) is 1. The Morgan fingerprint density at radius 2 is 2.55 bits per heavy atom. The van der Waals surface area contributed by atoms with Gasteiger partial charge in [0.15, 0.2) is 5.78 Å². The molecule has 1 heterocycles. The van der Waals surface area contributed by atoms with E-state index in [2.05, 4.69) is 0 Å². The molecule has 0 N–H and O–H groups in total. The molecule has 0 saturated carbocycles. The summed E-state index contributed by atoms with van der Waals surface area (Å²) in [7, 11) is 1.53. The van der Waals surface area contributed by atoms with Gasteiger partial charge in [0.1, 0.15) is 6.61 Å². The minimum Gasteiger partial charge on any atom is -0.377 e. The lowest BCUT2D eigenvalue weighted by atomic mass is 10.2. The second kappa shape index (κ2) is 4.26. The van der Waals surface area contributed by atoms with Gasteiger partial charge >= 0.3 is 0 Å². The minimum atomic E-state index is 0.130. The summed E-state index contributed by atoms with van der Waals surface area (Å²) in [5.74, 6) is 0.130. The lowest BCUT2D eigenvalue weighted by Crippen LogP contribution is -2.08. The maximum Gasteiger partial charge on any atom is 0.162 e. The SMILES string of the molecule is COCC(=O)Cc1ccsc1. The highest BCUT2D eigenvalue weighted by Crippen LogP contribution is 2.06. The minimum absolute atomic E-state index is 0.130. The van der Waals surface area contributed by atoms with Crippen LogP contribution in [0.1, 0.15) is 5.56 Å². The molecule has 60 valence electrons. The van der Waals surface area contributed by atoms with Crippen molar-refractivity contribution in [2.45, 2.75) is 6.42 Å². The third-order valence-corrected chi connectivity index (χ3v) is 2.02. The summed E-state index contributed by atoms with van der Waals surface area (Å²) in [4.78, 5) is 11.0. The number of hydrogen-bond donors (Lipinski definition) is 0. The first-order valence-corrected chi connectivity index (χ1v) is 4.29. The molecule has 1 rings (SSSR count). The fraction of sp³-hybridized carbons (Fsp3) is 0.375. The van der Waals surface area contributed by atoms with Crippen LogP contribution >= 0.6 is 11.3 Å². The molecule has 11 heavy (non-hydrogen) atoms. The number of thiophene rings is 1. The Hall–Kier alpha value is -0.670. The summed E-state index contributed by atoms with van der Waals surface area (Å²) in [6.07, 6.45) is 0.497. The average molecular weight is 170 g/mol. The van der Waals surface area contributed by atoms with Crippen molar-refractivity contribution in [2.24, 2.45) is 0 Å². The quantitative estimate of drug-likeness (QED) is 0.684. The summed E-state index contributed by atoms with van der Waals surface area (Å²) >= 11 is 1.61. The molecule has 0 amide bonds. The molecule has 0 fully saturated rings. The van der Waals surface area contributed by atoms with Crippen LogP contribution in [0.15, 0.2) is 16.8 Å². The largest absolute Gasteiger partial charge is 0.377 e. The zero-order chi connectivity index (χ0) is 8.10. The van der Waals surface area contributed by atoms with Gasteiger partial charge in [0.2, 0.25) is 0 Å². The van der Waals surface area contributed by atoms with E-state index in [1.54, 1.807) is 11.3 Å². The molecule has 0 spiro atoms. The molecule has 0 aliphatic carbocycles. The number of rotatable bonds is 4. The van der Waals surface area contributed by atoms with Crippen LogP contribution in [0.25, 0.3) is 0 Å². The van der Waals surface area contributed by atoms with Gasteiger partial charge in [-0.1, -0.05) is 0 Å². The second-order valence-electron chi connectivity index (χ2n) is 2.28. The number of carbonyl (C=O) groups is 1. The van der Waals surface area contributed by atoms with Gasteiger partial charge < -0.3 is 4.74 Å². The predicted molar refractivity (Wildman–Crippen MR) is 44.9 cm³/mol. The summed E-state index contributed by atoms with van der Waals surface area (Å²) < 4.78 is 4.71. The van der Waals surface area contributed by atoms with Gasteiger partial charge in [-0.25, -0.2) is 0 Å². The fourth-order valence-electron chi connectivity index (χ4n) is 0.833. The molecular weight excluding hydrogens is 160 g/mol. The molecule has 0 aliphatic heterocycles. The normalized spacial score (nSPS) is 9.91. The maximum atomic E-state index is 11.0. The topological polar surface area (TPSA) is 26.3 Å². The monoisotopic (exact) mass is 170 g/mol. The molecular formula is C8H10O2S. The third kappa shape index (κ3) is 2.82. The number of carbonyl (C=O) groups excluding carboxylic acids is 1. The average Bonchev–Trinajstić information content (AvgIpc) is 2.40. The molecule has 1 aromatic heterocycles. The molecule has 0 bridgehead atoms. The molecule has 1 aromatic rings. The summed E-state index contributed by atoms with van der Waals surface area (Å²) in [5, 5.41) is 3.95. The van der Waals surface area contributed by atoms with E-state index < -0.39 is 0 Å². The van der Waals surface area contributed by atoms with Gasteiger partial charge in [-0.2, -0.15) is 11.3 Å². The molecule has 0 aliphatic rings. The Balaban J connectivity index is 2.37. The van der Waals surface area contributed by atoms with E-state index in [9.17, 15) is 4.79 Å². The standard InChI is InChI=1S/C8H10O2S/c1-10-5-8(9)4-7-2-3-11-6-7/h2-3,6H,4-5H2,1H3. The second-order valence-corrected chi connectivity index (χ2v) is 3.06. The maximum absolute atomic E-state index is 11.0. The van der Waals surface area contributed by atoms with Gasteiger partial charge in [0, 0.05) is 13.5 Å². The third-order valence-electron chi connectivity index (χ3n) is 1.29. The van der Waals surface area contributed by atoms with Gasteiger partial charge in [-0.15, -0.1) is 0 Å². The van der Waals surface area contributed by atoms with Crippen molar-refractivity contribution < 1.29 is 9.53 Å². The van der Waals surface area contributed by atoms with Crippen LogP contribution in [-0.2, 0) is 16.0 Å². The van der Waals surface area contributed by atoms with E-state index in [0.29, 0.717) is 6.42 Å². The van der Waals surface area contributed by atoms with Crippen molar-refractivity contribution >= 4 is 17.1 Å². The summed E-state index contributed by atoms with van der Waals surface area (Å²) in [5.41, 5.74) is 1.08. The van der Waals surface area contributed by atoms with E-state index in [1.165, 1.54) is 7.11 Å². The van der Waals surface area contributed by atoms with Gasteiger partial charge in [-0.05, 0) is 22.4 Å². The molecule has 0 atom stereocenters. The van der Waals surface area contributed by atoms with Crippen LogP contribution in [0.3, 0.4) is 0 Å². The Bertz CT molecular complexity index is 216. The molecule has 0 aromatic carbocycles. The van der Waals surface area contributed by atoms with E-state index in [0.717, 1.165) is 5.56 Å². The number of Topliss-reactive ketones (excluding diaryl/α,β-unsaturated/α-hetero) is 1. The van der Waals surface area contributed by atoms with Gasteiger partial charge in [0.25, 0.3) is 0 Å². The molecule has 3 heteroatoms. The molecule has 0 saturated heterocycles. The lowest BCUT2D eigenvalue weighted by molar-refractivity contribution is -0.121. The Kier molecular flexibility index (Phi) is 3.26. The van der Waals surface area contributed by atoms with Crippen LogP contribution in [0, 0.1) is 0 Å². The highest BCUT2D eigenvalue weighted by Gasteiger charge is 2.01. The van der Waals surface area contributed by atoms with Gasteiger partial charge in [0.05, 0.1) is 0 Å².